The number of aliphatic carboxylic acids is 2. The number of nitriles is 1. The Kier molecular flexibility index (Phi) is 8.42. The summed E-state index contributed by atoms with van der Waals surface area (Å²) in [5, 5.41) is 24.7. The lowest BCUT2D eigenvalue weighted by Crippen LogP contribution is -2.59. The molecule has 0 amide bonds. The van der Waals surface area contributed by atoms with Crippen molar-refractivity contribution in [2.24, 2.45) is 0 Å². The predicted molar refractivity (Wildman–Crippen MR) is 139 cm³/mol. The Morgan fingerprint density at radius 2 is 1.43 bits per heavy atom. The largest absolute Gasteiger partial charge is 0.478 e. The van der Waals surface area contributed by atoms with Crippen LogP contribution in [-0.4, -0.2) is 58.4 Å². The summed E-state index contributed by atoms with van der Waals surface area (Å²) in [6.45, 7) is 0.994. The van der Waals surface area contributed by atoms with Crippen LogP contribution in [0.25, 0.3) is 0 Å². The van der Waals surface area contributed by atoms with Crippen LogP contribution in [-0.2, 0) is 27.2 Å². The lowest BCUT2D eigenvalue weighted by atomic mass is 9.93. The first-order valence-electron chi connectivity index (χ1n) is 13.0. The van der Waals surface area contributed by atoms with Gasteiger partial charge in [-0.3, -0.25) is 0 Å². The second-order valence-electron chi connectivity index (χ2n) is 10.4. The zero-order valence-electron chi connectivity index (χ0n) is 21.3. The van der Waals surface area contributed by atoms with Gasteiger partial charge in [0.1, 0.15) is 6.10 Å². The molecule has 2 fully saturated rings. The van der Waals surface area contributed by atoms with Gasteiger partial charge in [-0.05, 0) is 35.1 Å². The highest BCUT2D eigenvalue weighted by Crippen LogP contribution is 2.45. The van der Waals surface area contributed by atoms with Gasteiger partial charge in [-0.1, -0.05) is 48.5 Å². The summed E-state index contributed by atoms with van der Waals surface area (Å²) in [6, 6.07) is 21.4. The SMILES string of the molecule is C[N+]1(CCC#N)[C@@H]2CC[C@H]1CC(OC1c3ccccc3CCc3ccccc31)C2.O=C(O)/C=C\C(=O)O. The molecule has 2 heterocycles. The van der Waals surface area contributed by atoms with Crippen molar-refractivity contribution in [3.63, 3.8) is 0 Å². The van der Waals surface area contributed by atoms with Gasteiger partial charge in [0.2, 0.25) is 0 Å². The van der Waals surface area contributed by atoms with E-state index in [1.807, 2.05) is 0 Å². The number of hydrogen-bond donors (Lipinski definition) is 2. The number of rotatable bonds is 6. The quantitative estimate of drug-likeness (QED) is 0.439. The van der Waals surface area contributed by atoms with Crippen molar-refractivity contribution in [2.75, 3.05) is 13.6 Å². The minimum atomic E-state index is -1.26. The van der Waals surface area contributed by atoms with Crippen molar-refractivity contribution in [1.82, 2.24) is 0 Å². The topological polar surface area (TPSA) is 108 Å². The third kappa shape index (κ3) is 6.10. The molecular formula is C30H35N2O5+. The van der Waals surface area contributed by atoms with Gasteiger partial charge in [0.05, 0.1) is 44.3 Å². The Labute approximate surface area is 218 Å². The number of carbonyl (C=O) groups is 2. The lowest BCUT2D eigenvalue weighted by Gasteiger charge is -2.47. The molecular weight excluding hydrogens is 468 g/mol. The van der Waals surface area contributed by atoms with Crippen molar-refractivity contribution < 1.29 is 29.0 Å². The van der Waals surface area contributed by atoms with Crippen LogP contribution in [0, 0.1) is 11.3 Å². The number of hydrogen-bond acceptors (Lipinski definition) is 4. The molecule has 4 atom stereocenters. The second kappa shape index (κ2) is 11.7. The summed E-state index contributed by atoms with van der Waals surface area (Å²) in [5.41, 5.74) is 5.58. The smallest absolute Gasteiger partial charge is 0.328 e. The number of aryl methyl sites for hydroxylation is 2. The Balaban J connectivity index is 0.000000349. The third-order valence-corrected chi connectivity index (χ3v) is 8.31. The minimum Gasteiger partial charge on any atom is -0.478 e. The average Bonchev–Trinajstić information content (AvgIpc) is 3.04. The van der Waals surface area contributed by atoms with E-state index in [0.29, 0.717) is 36.8 Å². The minimum absolute atomic E-state index is 0.0465. The van der Waals surface area contributed by atoms with Crippen LogP contribution in [0.4, 0.5) is 0 Å². The summed E-state index contributed by atoms with van der Waals surface area (Å²) in [4.78, 5) is 19.1. The first kappa shape index (κ1) is 26.6. The molecule has 0 radical (unpaired) electrons. The van der Waals surface area contributed by atoms with Crippen LogP contribution in [0.5, 0.6) is 0 Å². The van der Waals surface area contributed by atoms with E-state index in [2.05, 4.69) is 61.6 Å². The van der Waals surface area contributed by atoms with Gasteiger partial charge in [-0.15, -0.1) is 0 Å². The summed E-state index contributed by atoms with van der Waals surface area (Å²) in [5.74, 6) is -2.51. The van der Waals surface area contributed by atoms with Crippen LogP contribution in [0.15, 0.2) is 60.7 Å². The molecule has 1 aliphatic carbocycles. The highest BCUT2D eigenvalue weighted by atomic mass is 16.5. The molecule has 0 aromatic heterocycles. The van der Waals surface area contributed by atoms with Gasteiger partial charge in [0, 0.05) is 37.8 Å². The molecule has 0 saturated carbocycles. The van der Waals surface area contributed by atoms with Crippen molar-refractivity contribution in [2.45, 2.75) is 69.2 Å². The van der Waals surface area contributed by atoms with Gasteiger partial charge >= 0.3 is 11.9 Å². The Bertz CT molecular complexity index is 1120. The second-order valence-corrected chi connectivity index (χ2v) is 10.4. The number of benzene rings is 2. The zero-order valence-corrected chi connectivity index (χ0v) is 21.3. The molecule has 3 aliphatic rings. The van der Waals surface area contributed by atoms with Gasteiger partial charge in [0.15, 0.2) is 0 Å². The molecule has 194 valence electrons. The molecule has 5 rings (SSSR count). The Morgan fingerprint density at radius 1 is 0.946 bits per heavy atom. The summed E-state index contributed by atoms with van der Waals surface area (Å²) < 4.78 is 8.06. The maximum absolute atomic E-state index is 9.55. The van der Waals surface area contributed by atoms with E-state index >= 15 is 0 Å². The molecule has 0 spiro atoms. The molecule has 2 unspecified atom stereocenters. The van der Waals surface area contributed by atoms with E-state index in [4.69, 9.17) is 20.2 Å². The molecule has 2 aliphatic heterocycles. The fourth-order valence-corrected chi connectivity index (χ4v) is 6.41. The normalized spacial score (nSPS) is 26.2. The molecule has 2 aromatic carbocycles. The molecule has 37 heavy (non-hydrogen) atoms. The van der Waals surface area contributed by atoms with Crippen LogP contribution in [0.3, 0.4) is 0 Å². The lowest BCUT2D eigenvalue weighted by molar-refractivity contribution is -0.949. The summed E-state index contributed by atoms with van der Waals surface area (Å²) in [6.07, 6.45) is 9.13. The Morgan fingerprint density at radius 3 is 1.89 bits per heavy atom. The van der Waals surface area contributed by atoms with Crippen LogP contribution < -0.4 is 0 Å². The van der Waals surface area contributed by atoms with Crippen molar-refractivity contribution in [3.05, 3.63) is 82.9 Å². The average molecular weight is 504 g/mol. The summed E-state index contributed by atoms with van der Waals surface area (Å²) in [7, 11) is 2.38. The van der Waals surface area contributed by atoms with E-state index in [0.717, 1.165) is 36.7 Å². The fourth-order valence-electron chi connectivity index (χ4n) is 6.41. The van der Waals surface area contributed by atoms with E-state index < -0.39 is 11.9 Å². The van der Waals surface area contributed by atoms with Crippen LogP contribution in [0.1, 0.15) is 60.5 Å². The number of ether oxygens (including phenoxy) is 1. The number of carboxylic acid groups (broad SMARTS) is 2. The zero-order chi connectivity index (χ0) is 26.4. The number of nitrogens with zero attached hydrogens (tertiary/aromatic N) is 2. The first-order valence-corrected chi connectivity index (χ1v) is 13.0. The molecule has 2 aromatic rings. The fraction of sp³-hybridized carbons (Fsp3) is 0.433. The number of piperidine rings is 1. The molecule has 2 bridgehead atoms. The third-order valence-electron chi connectivity index (χ3n) is 8.31. The van der Waals surface area contributed by atoms with Gasteiger partial charge in [-0.25, -0.2) is 9.59 Å². The molecule has 7 nitrogen and oxygen atoms in total. The monoisotopic (exact) mass is 503 g/mol. The first-order chi connectivity index (χ1) is 17.8. The molecule has 2 saturated heterocycles. The highest BCUT2D eigenvalue weighted by Gasteiger charge is 2.51. The Hall–Kier alpha value is -3.47. The highest BCUT2D eigenvalue weighted by molar-refractivity contribution is 5.89. The maximum atomic E-state index is 9.55. The molecule has 7 heteroatoms. The standard InChI is InChI=1S/C26H31N2O.C4H4O4/c1-28(16-6-15-27)21-13-14-22(28)18-23(17-21)29-26-24-9-4-2-7-19(24)11-12-20-8-3-5-10-25(20)26;5-3(6)1-2-4(7)8/h2-5,7-10,21-23,26H,6,11-14,16-18H2,1H3;1-2H,(H,5,6)(H,7,8)/q+1;/b;2-1-/t21-,22+,23?,28?;. The van der Waals surface area contributed by atoms with Crippen molar-refractivity contribution >= 4 is 11.9 Å². The van der Waals surface area contributed by atoms with Gasteiger partial charge in [-0.2, -0.15) is 5.26 Å². The number of fused-ring (bicyclic) bond motifs is 4. The van der Waals surface area contributed by atoms with Crippen molar-refractivity contribution in [3.8, 4) is 6.07 Å². The maximum Gasteiger partial charge on any atom is 0.328 e. The number of quaternary nitrogens is 1. The number of carboxylic acids is 2. The van der Waals surface area contributed by atoms with Gasteiger partial charge < -0.3 is 19.4 Å². The van der Waals surface area contributed by atoms with E-state index in [9.17, 15) is 9.59 Å². The predicted octanol–water partition coefficient (Wildman–Crippen LogP) is 4.66. The van der Waals surface area contributed by atoms with E-state index in [1.54, 1.807) is 0 Å². The summed E-state index contributed by atoms with van der Waals surface area (Å²) >= 11 is 0. The van der Waals surface area contributed by atoms with Crippen LogP contribution in [0.2, 0.25) is 0 Å². The van der Waals surface area contributed by atoms with E-state index in [1.165, 1.54) is 35.1 Å². The van der Waals surface area contributed by atoms with Crippen LogP contribution >= 0.6 is 0 Å². The molecule has 2 N–H and O–H groups in total. The van der Waals surface area contributed by atoms with Crippen molar-refractivity contribution in [1.29, 1.82) is 5.26 Å². The van der Waals surface area contributed by atoms with E-state index in [-0.39, 0.29) is 6.10 Å². The van der Waals surface area contributed by atoms with Gasteiger partial charge in [0.25, 0.3) is 0 Å².